The maximum atomic E-state index is 12.6. The SMILES string of the molecule is COC(=O)c1cc(NC(=O)C2CC2c2ccc(Br)cc2)cc(C(=O)OC)c1. The van der Waals surface area contributed by atoms with E-state index in [2.05, 4.69) is 21.2 Å². The number of methoxy groups -OCH3 is 2. The van der Waals surface area contributed by atoms with Crippen LogP contribution in [0.4, 0.5) is 5.69 Å². The molecule has 27 heavy (non-hydrogen) atoms. The molecule has 2 aromatic carbocycles. The Labute approximate surface area is 165 Å². The van der Waals surface area contributed by atoms with Gasteiger partial charge in [0.25, 0.3) is 0 Å². The first-order valence-corrected chi connectivity index (χ1v) is 9.10. The lowest BCUT2D eigenvalue weighted by Gasteiger charge is -2.09. The second-order valence-electron chi connectivity index (χ2n) is 6.27. The molecule has 0 aromatic heterocycles. The van der Waals surface area contributed by atoms with Gasteiger partial charge in [-0.15, -0.1) is 0 Å². The van der Waals surface area contributed by atoms with Gasteiger partial charge in [-0.25, -0.2) is 9.59 Å². The molecule has 0 aliphatic heterocycles. The number of benzene rings is 2. The number of carbonyl (C=O) groups excluding carboxylic acids is 3. The summed E-state index contributed by atoms with van der Waals surface area (Å²) in [4.78, 5) is 36.2. The van der Waals surface area contributed by atoms with Crippen LogP contribution in [0.15, 0.2) is 46.9 Å². The minimum Gasteiger partial charge on any atom is -0.465 e. The van der Waals surface area contributed by atoms with Crippen molar-refractivity contribution in [1.82, 2.24) is 0 Å². The fourth-order valence-electron chi connectivity index (χ4n) is 2.97. The summed E-state index contributed by atoms with van der Waals surface area (Å²) < 4.78 is 10.4. The molecular formula is C20H18BrNO5. The van der Waals surface area contributed by atoms with Crippen LogP contribution in [-0.2, 0) is 14.3 Å². The second-order valence-corrected chi connectivity index (χ2v) is 7.19. The standard InChI is InChI=1S/C20H18BrNO5/c1-26-19(24)12-7-13(20(25)27-2)9-15(8-12)22-18(23)17-10-16(17)11-3-5-14(21)6-4-11/h3-9,16-17H,10H2,1-2H3,(H,22,23). The van der Waals surface area contributed by atoms with Crippen molar-refractivity contribution in [2.45, 2.75) is 12.3 Å². The Morgan fingerprint density at radius 3 is 2.04 bits per heavy atom. The van der Waals surface area contributed by atoms with Gasteiger partial charge < -0.3 is 14.8 Å². The molecule has 1 aliphatic carbocycles. The minimum atomic E-state index is -0.601. The average molecular weight is 432 g/mol. The van der Waals surface area contributed by atoms with Gasteiger partial charge in [0.05, 0.1) is 25.3 Å². The topological polar surface area (TPSA) is 81.7 Å². The number of rotatable bonds is 5. The lowest BCUT2D eigenvalue weighted by atomic mass is 10.1. The van der Waals surface area contributed by atoms with Crippen LogP contribution in [-0.4, -0.2) is 32.1 Å². The van der Waals surface area contributed by atoms with Crippen molar-refractivity contribution in [1.29, 1.82) is 0 Å². The Morgan fingerprint density at radius 2 is 1.52 bits per heavy atom. The number of halogens is 1. The molecule has 7 heteroatoms. The maximum Gasteiger partial charge on any atom is 0.337 e. The predicted octanol–water partition coefficient (Wildman–Crippen LogP) is 3.76. The fraction of sp³-hybridized carbons (Fsp3) is 0.250. The van der Waals surface area contributed by atoms with E-state index < -0.39 is 11.9 Å². The third-order valence-corrected chi connectivity index (χ3v) is 5.00. The van der Waals surface area contributed by atoms with Crippen molar-refractivity contribution in [3.63, 3.8) is 0 Å². The van der Waals surface area contributed by atoms with Gasteiger partial charge in [-0.1, -0.05) is 28.1 Å². The van der Waals surface area contributed by atoms with E-state index in [1.165, 1.54) is 32.4 Å². The molecule has 2 unspecified atom stereocenters. The predicted molar refractivity (Wildman–Crippen MR) is 103 cm³/mol. The summed E-state index contributed by atoms with van der Waals surface area (Å²) in [5.41, 5.74) is 1.79. The highest BCUT2D eigenvalue weighted by Crippen LogP contribution is 2.48. The first-order chi connectivity index (χ1) is 12.9. The Hall–Kier alpha value is -2.67. The smallest absolute Gasteiger partial charge is 0.337 e. The first kappa shape index (κ1) is 19.1. The Bertz CT molecular complexity index is 859. The van der Waals surface area contributed by atoms with Gasteiger partial charge in [0.1, 0.15) is 0 Å². The molecule has 1 N–H and O–H groups in total. The molecule has 1 amide bonds. The summed E-state index contributed by atoms with van der Waals surface area (Å²) in [6.07, 6.45) is 0.758. The average Bonchev–Trinajstić information content (AvgIpc) is 3.48. The number of amides is 1. The van der Waals surface area contributed by atoms with Crippen molar-refractivity contribution in [3.05, 3.63) is 63.6 Å². The van der Waals surface area contributed by atoms with E-state index >= 15 is 0 Å². The summed E-state index contributed by atoms with van der Waals surface area (Å²) in [6, 6.07) is 12.2. The fourth-order valence-corrected chi connectivity index (χ4v) is 3.23. The Morgan fingerprint density at radius 1 is 0.963 bits per heavy atom. The van der Waals surface area contributed by atoms with Crippen LogP contribution in [0.25, 0.3) is 0 Å². The van der Waals surface area contributed by atoms with Crippen LogP contribution in [0.3, 0.4) is 0 Å². The molecule has 2 atom stereocenters. The lowest BCUT2D eigenvalue weighted by Crippen LogP contribution is -2.16. The summed E-state index contributed by atoms with van der Waals surface area (Å²) in [5.74, 6) is -1.33. The first-order valence-electron chi connectivity index (χ1n) is 8.31. The highest BCUT2D eigenvalue weighted by molar-refractivity contribution is 9.10. The molecular weight excluding hydrogens is 414 g/mol. The molecule has 1 fully saturated rings. The summed E-state index contributed by atoms with van der Waals surface area (Å²) in [7, 11) is 2.50. The maximum absolute atomic E-state index is 12.6. The number of hydrogen-bond donors (Lipinski definition) is 1. The van der Waals surface area contributed by atoms with E-state index in [1.54, 1.807) is 0 Å². The van der Waals surface area contributed by atoms with E-state index in [9.17, 15) is 14.4 Å². The summed E-state index contributed by atoms with van der Waals surface area (Å²) in [5, 5.41) is 2.79. The number of hydrogen-bond acceptors (Lipinski definition) is 5. The molecule has 0 saturated heterocycles. The Balaban J connectivity index is 1.76. The largest absolute Gasteiger partial charge is 0.465 e. The van der Waals surface area contributed by atoms with Crippen LogP contribution < -0.4 is 5.32 Å². The Kier molecular flexibility index (Phi) is 5.60. The van der Waals surface area contributed by atoms with Crippen LogP contribution in [0.2, 0.25) is 0 Å². The number of ether oxygens (including phenoxy) is 2. The minimum absolute atomic E-state index is 0.144. The highest BCUT2D eigenvalue weighted by atomic mass is 79.9. The van der Waals surface area contributed by atoms with E-state index in [1.807, 2.05) is 24.3 Å². The quantitative estimate of drug-likeness (QED) is 0.728. The zero-order valence-electron chi connectivity index (χ0n) is 14.8. The second kappa shape index (κ2) is 7.92. The zero-order valence-corrected chi connectivity index (χ0v) is 16.4. The van der Waals surface area contributed by atoms with Crippen molar-refractivity contribution in [3.8, 4) is 0 Å². The van der Waals surface area contributed by atoms with Crippen LogP contribution in [0.5, 0.6) is 0 Å². The molecule has 3 rings (SSSR count). The molecule has 0 heterocycles. The monoisotopic (exact) mass is 431 g/mol. The molecule has 6 nitrogen and oxygen atoms in total. The third-order valence-electron chi connectivity index (χ3n) is 4.47. The van der Waals surface area contributed by atoms with Crippen LogP contribution >= 0.6 is 15.9 Å². The molecule has 0 radical (unpaired) electrons. The van der Waals surface area contributed by atoms with E-state index in [-0.39, 0.29) is 28.9 Å². The van der Waals surface area contributed by atoms with Gasteiger partial charge in [-0.2, -0.15) is 0 Å². The number of esters is 2. The lowest BCUT2D eigenvalue weighted by molar-refractivity contribution is -0.117. The van der Waals surface area contributed by atoms with Crippen LogP contribution in [0, 0.1) is 5.92 Å². The van der Waals surface area contributed by atoms with Gasteiger partial charge >= 0.3 is 11.9 Å². The molecule has 1 aliphatic rings. The van der Waals surface area contributed by atoms with E-state index in [4.69, 9.17) is 9.47 Å². The molecule has 0 spiro atoms. The van der Waals surface area contributed by atoms with E-state index in [0.717, 1.165) is 16.5 Å². The molecule has 1 saturated carbocycles. The molecule has 2 aromatic rings. The van der Waals surface area contributed by atoms with Gasteiger partial charge in [0, 0.05) is 16.1 Å². The number of carbonyl (C=O) groups is 3. The third kappa shape index (κ3) is 4.36. The van der Waals surface area contributed by atoms with Gasteiger partial charge in [0.15, 0.2) is 0 Å². The summed E-state index contributed by atoms with van der Waals surface area (Å²) >= 11 is 3.40. The number of anilines is 1. The normalized spacial score (nSPS) is 17.7. The van der Waals surface area contributed by atoms with Crippen molar-refractivity contribution in [2.24, 2.45) is 5.92 Å². The molecule has 0 bridgehead atoms. The van der Waals surface area contributed by atoms with Gasteiger partial charge in [0.2, 0.25) is 5.91 Å². The van der Waals surface area contributed by atoms with Gasteiger partial charge in [-0.3, -0.25) is 4.79 Å². The van der Waals surface area contributed by atoms with Gasteiger partial charge in [-0.05, 0) is 48.2 Å². The van der Waals surface area contributed by atoms with Crippen molar-refractivity contribution >= 4 is 39.5 Å². The number of nitrogens with one attached hydrogen (secondary N) is 1. The summed E-state index contributed by atoms with van der Waals surface area (Å²) in [6.45, 7) is 0. The van der Waals surface area contributed by atoms with E-state index in [0.29, 0.717) is 5.69 Å². The van der Waals surface area contributed by atoms with Crippen LogP contribution in [0.1, 0.15) is 38.6 Å². The zero-order chi connectivity index (χ0) is 19.6. The van der Waals surface area contributed by atoms with Crippen molar-refractivity contribution in [2.75, 3.05) is 19.5 Å². The van der Waals surface area contributed by atoms with Crippen molar-refractivity contribution < 1.29 is 23.9 Å². The molecule has 140 valence electrons. The highest BCUT2D eigenvalue weighted by Gasteiger charge is 2.43.